The van der Waals surface area contributed by atoms with E-state index in [2.05, 4.69) is 36.4 Å². The van der Waals surface area contributed by atoms with E-state index in [0.717, 1.165) is 41.7 Å². The zero-order valence-corrected chi connectivity index (χ0v) is 15.0. The quantitative estimate of drug-likeness (QED) is 0.881. The molecule has 2 aromatic rings. The van der Waals surface area contributed by atoms with Gasteiger partial charge in [-0.1, -0.05) is 19.9 Å². The monoisotopic (exact) mass is 331 g/mol. The second-order valence-electron chi connectivity index (χ2n) is 6.75. The van der Waals surface area contributed by atoms with Gasteiger partial charge in [-0.15, -0.1) is 0 Å². The Morgan fingerprint density at radius 2 is 2.04 bits per heavy atom. The molecule has 6 nitrogen and oxygen atoms in total. The number of aryl methyl sites for hydroxylation is 2. The maximum atomic E-state index is 5.49. The number of hydrogen-bond donors (Lipinski definition) is 1. The van der Waals surface area contributed by atoms with Gasteiger partial charge in [0.1, 0.15) is 0 Å². The van der Waals surface area contributed by atoms with Gasteiger partial charge in [0, 0.05) is 25.6 Å². The summed E-state index contributed by atoms with van der Waals surface area (Å²) in [4.78, 5) is 0. The van der Waals surface area contributed by atoms with Crippen LogP contribution in [0, 0.1) is 6.92 Å². The molecule has 0 spiro atoms. The van der Waals surface area contributed by atoms with Gasteiger partial charge in [-0.25, -0.2) is 4.68 Å². The minimum atomic E-state index is -0.0374. The van der Waals surface area contributed by atoms with Crippen LogP contribution in [0.5, 0.6) is 17.4 Å². The molecule has 24 heavy (non-hydrogen) atoms. The highest BCUT2D eigenvalue weighted by atomic mass is 16.7. The van der Waals surface area contributed by atoms with E-state index in [4.69, 9.17) is 14.2 Å². The number of ether oxygens (including phenoxy) is 3. The molecule has 1 aliphatic heterocycles. The first kappa shape index (κ1) is 16.6. The largest absolute Gasteiger partial charge is 0.481 e. The highest BCUT2D eigenvalue weighted by Gasteiger charge is 2.24. The summed E-state index contributed by atoms with van der Waals surface area (Å²) >= 11 is 0. The summed E-state index contributed by atoms with van der Waals surface area (Å²) in [5.41, 5.74) is 3.27. The van der Waals surface area contributed by atoms with E-state index < -0.39 is 0 Å². The van der Waals surface area contributed by atoms with Crippen molar-refractivity contribution in [3.8, 4) is 17.4 Å². The molecule has 1 aromatic heterocycles. The molecular weight excluding hydrogens is 306 g/mol. The molecule has 1 aromatic carbocycles. The highest BCUT2D eigenvalue weighted by Crippen LogP contribution is 2.36. The van der Waals surface area contributed by atoms with Crippen LogP contribution in [0.4, 0.5) is 0 Å². The summed E-state index contributed by atoms with van der Waals surface area (Å²) in [6, 6.07) is 6.15. The van der Waals surface area contributed by atoms with E-state index in [1.807, 2.05) is 20.0 Å². The molecule has 6 heteroatoms. The number of nitrogens with one attached hydrogen (secondary N) is 1. The number of nitrogens with zero attached hydrogens (tertiary/aromatic N) is 2. The fourth-order valence-electron chi connectivity index (χ4n) is 3.06. The summed E-state index contributed by atoms with van der Waals surface area (Å²) in [7, 11) is 3.57. The number of fused-ring (bicyclic) bond motifs is 1. The molecule has 0 atom stereocenters. The van der Waals surface area contributed by atoms with Crippen LogP contribution in [0.15, 0.2) is 18.2 Å². The van der Waals surface area contributed by atoms with Crippen LogP contribution < -0.4 is 19.5 Å². The second-order valence-corrected chi connectivity index (χ2v) is 6.75. The van der Waals surface area contributed by atoms with E-state index >= 15 is 0 Å². The van der Waals surface area contributed by atoms with Gasteiger partial charge in [0.05, 0.1) is 18.4 Å². The van der Waals surface area contributed by atoms with E-state index in [0.29, 0.717) is 6.79 Å². The predicted octanol–water partition coefficient (Wildman–Crippen LogP) is 2.53. The van der Waals surface area contributed by atoms with Crippen LogP contribution >= 0.6 is 0 Å². The van der Waals surface area contributed by atoms with Crippen LogP contribution in [0.25, 0.3) is 0 Å². The Kier molecular flexibility index (Phi) is 4.41. The number of rotatable bonds is 6. The molecule has 0 unspecified atom stereocenters. The molecule has 2 heterocycles. The fraction of sp³-hybridized carbons (Fsp3) is 0.500. The summed E-state index contributed by atoms with van der Waals surface area (Å²) in [5.74, 6) is 2.45. The molecule has 130 valence electrons. The lowest BCUT2D eigenvalue weighted by molar-refractivity contribution is 0.174. The maximum Gasteiger partial charge on any atom is 0.231 e. The van der Waals surface area contributed by atoms with Crippen LogP contribution in [-0.4, -0.2) is 30.2 Å². The van der Waals surface area contributed by atoms with E-state index in [1.54, 1.807) is 11.8 Å². The van der Waals surface area contributed by atoms with Crippen molar-refractivity contribution in [3.05, 3.63) is 35.0 Å². The van der Waals surface area contributed by atoms with Crippen molar-refractivity contribution in [2.75, 3.05) is 20.4 Å². The minimum absolute atomic E-state index is 0.0374. The zero-order chi connectivity index (χ0) is 17.3. The van der Waals surface area contributed by atoms with Gasteiger partial charge in [-0.3, -0.25) is 0 Å². The third-order valence-corrected chi connectivity index (χ3v) is 4.50. The van der Waals surface area contributed by atoms with Gasteiger partial charge >= 0.3 is 0 Å². The molecule has 0 radical (unpaired) electrons. The Bertz CT molecular complexity index is 737. The summed E-state index contributed by atoms with van der Waals surface area (Å²) in [6.45, 7) is 8.27. The molecule has 1 N–H and O–H groups in total. The van der Waals surface area contributed by atoms with Crippen LogP contribution in [0.2, 0.25) is 0 Å². The van der Waals surface area contributed by atoms with Gasteiger partial charge in [0.2, 0.25) is 12.7 Å². The standard InChI is InChI=1S/C18H25N3O3/c1-12-14(17(22-5)21(4)20-12)9-19-10-18(2,3)13-6-7-15-16(8-13)24-11-23-15/h6-8,19H,9-11H2,1-5H3. The second kappa shape index (κ2) is 6.36. The number of aromatic nitrogens is 2. The molecule has 1 aliphatic rings. The first-order valence-corrected chi connectivity index (χ1v) is 8.09. The summed E-state index contributed by atoms with van der Waals surface area (Å²) < 4.78 is 18.1. The third-order valence-electron chi connectivity index (χ3n) is 4.50. The average molecular weight is 331 g/mol. The van der Waals surface area contributed by atoms with Gasteiger partial charge in [0.15, 0.2) is 11.5 Å². The Labute approximate surface area is 142 Å². The number of methoxy groups -OCH3 is 1. The molecule has 0 bridgehead atoms. The topological polar surface area (TPSA) is 57.5 Å². The lowest BCUT2D eigenvalue weighted by Gasteiger charge is -2.26. The third kappa shape index (κ3) is 3.06. The Hall–Kier alpha value is -2.21. The molecule has 0 fully saturated rings. The van der Waals surface area contributed by atoms with Crippen LogP contribution in [0.1, 0.15) is 30.7 Å². The van der Waals surface area contributed by atoms with E-state index in [9.17, 15) is 0 Å². The smallest absolute Gasteiger partial charge is 0.231 e. The molecular formula is C18H25N3O3. The summed E-state index contributed by atoms with van der Waals surface area (Å²) in [5, 5.41) is 7.95. The lowest BCUT2D eigenvalue weighted by atomic mass is 9.84. The molecule has 0 saturated heterocycles. The molecule has 0 aliphatic carbocycles. The van der Waals surface area contributed by atoms with Crippen LogP contribution in [0.3, 0.4) is 0 Å². The zero-order valence-electron chi connectivity index (χ0n) is 15.0. The predicted molar refractivity (Wildman–Crippen MR) is 91.8 cm³/mol. The van der Waals surface area contributed by atoms with Crippen molar-refractivity contribution in [2.24, 2.45) is 7.05 Å². The Morgan fingerprint density at radius 1 is 1.29 bits per heavy atom. The first-order chi connectivity index (χ1) is 11.4. The lowest BCUT2D eigenvalue weighted by Crippen LogP contribution is -2.32. The van der Waals surface area contributed by atoms with E-state index in [-0.39, 0.29) is 5.41 Å². The minimum Gasteiger partial charge on any atom is -0.481 e. The normalized spacial score (nSPS) is 13.4. The number of hydrogen-bond acceptors (Lipinski definition) is 5. The van der Waals surface area contributed by atoms with Crippen molar-refractivity contribution >= 4 is 0 Å². The van der Waals surface area contributed by atoms with Crippen LogP contribution in [-0.2, 0) is 19.0 Å². The molecule has 0 amide bonds. The highest BCUT2D eigenvalue weighted by molar-refractivity contribution is 5.46. The fourth-order valence-corrected chi connectivity index (χ4v) is 3.06. The Morgan fingerprint density at radius 3 is 2.79 bits per heavy atom. The van der Waals surface area contributed by atoms with Gasteiger partial charge in [-0.2, -0.15) is 5.10 Å². The number of benzene rings is 1. The van der Waals surface area contributed by atoms with Gasteiger partial charge in [-0.05, 0) is 24.6 Å². The first-order valence-electron chi connectivity index (χ1n) is 8.09. The summed E-state index contributed by atoms with van der Waals surface area (Å²) in [6.07, 6.45) is 0. The van der Waals surface area contributed by atoms with Gasteiger partial charge in [0.25, 0.3) is 0 Å². The van der Waals surface area contributed by atoms with Gasteiger partial charge < -0.3 is 19.5 Å². The SMILES string of the molecule is COc1c(CNCC(C)(C)c2ccc3c(c2)OCO3)c(C)nn1C. The average Bonchev–Trinajstić information content (AvgIpc) is 3.10. The van der Waals surface area contributed by atoms with Crippen molar-refractivity contribution in [1.82, 2.24) is 15.1 Å². The van der Waals surface area contributed by atoms with Crippen molar-refractivity contribution < 1.29 is 14.2 Å². The van der Waals surface area contributed by atoms with Crippen molar-refractivity contribution in [1.29, 1.82) is 0 Å². The molecule has 0 saturated carbocycles. The van der Waals surface area contributed by atoms with Crippen molar-refractivity contribution in [2.45, 2.75) is 32.7 Å². The molecule has 3 rings (SSSR count). The maximum absolute atomic E-state index is 5.49. The van der Waals surface area contributed by atoms with Crippen molar-refractivity contribution in [3.63, 3.8) is 0 Å². The van der Waals surface area contributed by atoms with E-state index in [1.165, 1.54) is 5.56 Å². The Balaban J connectivity index is 1.67.